The summed E-state index contributed by atoms with van der Waals surface area (Å²) in [6, 6.07) is 4.74. The topological polar surface area (TPSA) is 71.3 Å². The van der Waals surface area contributed by atoms with E-state index in [4.69, 9.17) is 4.98 Å². The van der Waals surface area contributed by atoms with Crippen molar-refractivity contribution in [1.82, 2.24) is 19.9 Å². The lowest BCUT2D eigenvalue weighted by Gasteiger charge is -2.19. The van der Waals surface area contributed by atoms with Crippen molar-refractivity contribution in [3.63, 3.8) is 0 Å². The third-order valence-corrected chi connectivity index (χ3v) is 5.41. The van der Waals surface area contributed by atoms with Gasteiger partial charge in [-0.2, -0.15) is 9.61 Å². The fraction of sp³-hybridized carbons (Fsp3) is 0.650. The first-order valence-corrected chi connectivity index (χ1v) is 10.0. The Hall–Kier alpha value is -2.11. The highest BCUT2D eigenvalue weighted by Crippen LogP contribution is 2.27. The quantitative estimate of drug-likeness (QED) is 0.752. The highest BCUT2D eigenvalue weighted by molar-refractivity contribution is 5.76. The van der Waals surface area contributed by atoms with E-state index in [1.165, 1.54) is 0 Å². The van der Waals surface area contributed by atoms with Crippen LogP contribution in [-0.2, 0) is 4.79 Å². The minimum atomic E-state index is 0.174. The molecule has 0 aromatic carbocycles. The number of fused-ring (bicyclic) bond motifs is 1. The summed E-state index contributed by atoms with van der Waals surface area (Å²) in [5.74, 6) is 1.65. The molecule has 2 aromatic rings. The van der Waals surface area contributed by atoms with Gasteiger partial charge in [-0.05, 0) is 38.5 Å². The number of nitrogens with one attached hydrogen (secondary N) is 2. The molecule has 0 radical (unpaired) electrons. The zero-order valence-corrected chi connectivity index (χ0v) is 16.2. The van der Waals surface area contributed by atoms with E-state index in [0.29, 0.717) is 18.4 Å². The van der Waals surface area contributed by atoms with Crippen LogP contribution in [0.15, 0.2) is 18.3 Å². The highest BCUT2D eigenvalue weighted by Gasteiger charge is 2.26. The predicted molar refractivity (Wildman–Crippen MR) is 104 cm³/mol. The second-order valence-electron chi connectivity index (χ2n) is 7.35. The van der Waals surface area contributed by atoms with Gasteiger partial charge in [-0.15, -0.1) is 0 Å². The van der Waals surface area contributed by atoms with Gasteiger partial charge in [0.05, 0.1) is 6.20 Å². The van der Waals surface area contributed by atoms with Gasteiger partial charge >= 0.3 is 0 Å². The molecule has 26 heavy (non-hydrogen) atoms. The average Bonchev–Trinajstić information content (AvgIpc) is 3.25. The van der Waals surface area contributed by atoms with Crippen LogP contribution in [0, 0.1) is 0 Å². The maximum absolute atomic E-state index is 11.8. The van der Waals surface area contributed by atoms with Crippen LogP contribution in [0.5, 0.6) is 0 Å². The van der Waals surface area contributed by atoms with Gasteiger partial charge in [0.1, 0.15) is 5.82 Å². The van der Waals surface area contributed by atoms with Gasteiger partial charge in [-0.3, -0.25) is 4.79 Å². The molecule has 2 heterocycles. The van der Waals surface area contributed by atoms with Crippen molar-refractivity contribution in [3.05, 3.63) is 24.0 Å². The maximum Gasteiger partial charge on any atom is 0.220 e. The molecule has 0 bridgehead atoms. The van der Waals surface area contributed by atoms with Crippen LogP contribution in [0.25, 0.3) is 5.65 Å². The first-order chi connectivity index (χ1) is 12.6. The monoisotopic (exact) mass is 357 g/mol. The number of anilines is 1. The molecule has 6 nitrogen and oxygen atoms in total. The number of carbonyl (C=O) groups is 1. The van der Waals surface area contributed by atoms with E-state index in [1.54, 1.807) is 6.20 Å². The Morgan fingerprint density at radius 2 is 2.04 bits per heavy atom. The van der Waals surface area contributed by atoms with Crippen molar-refractivity contribution in [1.29, 1.82) is 0 Å². The molecule has 2 N–H and O–H groups in total. The highest BCUT2D eigenvalue weighted by atomic mass is 16.1. The number of carbonyl (C=O) groups excluding carboxylic acids is 1. The largest absolute Gasteiger partial charge is 0.367 e. The number of amides is 1. The van der Waals surface area contributed by atoms with Crippen molar-refractivity contribution in [3.8, 4) is 0 Å². The van der Waals surface area contributed by atoms with Crippen LogP contribution in [0.4, 0.5) is 5.82 Å². The Morgan fingerprint density at radius 1 is 1.27 bits per heavy atom. The Morgan fingerprint density at radius 3 is 2.77 bits per heavy atom. The zero-order valence-electron chi connectivity index (χ0n) is 16.2. The summed E-state index contributed by atoms with van der Waals surface area (Å²) in [5, 5.41) is 11.2. The molecule has 1 amide bonds. The number of rotatable bonds is 8. The van der Waals surface area contributed by atoms with Gasteiger partial charge in [-0.1, -0.05) is 20.8 Å². The van der Waals surface area contributed by atoms with Crippen molar-refractivity contribution < 1.29 is 4.79 Å². The Bertz CT molecular complexity index is 737. The van der Waals surface area contributed by atoms with Crippen molar-refractivity contribution in [2.24, 2.45) is 0 Å². The van der Waals surface area contributed by atoms with Gasteiger partial charge in [0.2, 0.25) is 5.91 Å². The summed E-state index contributed by atoms with van der Waals surface area (Å²) in [7, 11) is 0. The van der Waals surface area contributed by atoms with E-state index in [-0.39, 0.29) is 11.9 Å². The van der Waals surface area contributed by atoms with E-state index < -0.39 is 0 Å². The molecule has 0 unspecified atom stereocenters. The van der Waals surface area contributed by atoms with Crippen LogP contribution in [-0.4, -0.2) is 32.6 Å². The van der Waals surface area contributed by atoms with Gasteiger partial charge in [0, 0.05) is 42.2 Å². The van der Waals surface area contributed by atoms with Crippen LogP contribution >= 0.6 is 0 Å². The molecule has 2 atom stereocenters. The summed E-state index contributed by atoms with van der Waals surface area (Å²) in [4.78, 5) is 16.6. The lowest BCUT2D eigenvalue weighted by atomic mass is 9.99. The Balaban J connectivity index is 1.72. The number of hydrogen-bond donors (Lipinski definition) is 2. The predicted octanol–water partition coefficient (Wildman–Crippen LogP) is 3.88. The van der Waals surface area contributed by atoms with Crippen molar-refractivity contribution in [2.75, 3.05) is 5.32 Å². The van der Waals surface area contributed by atoms with Gasteiger partial charge in [0.25, 0.3) is 0 Å². The Labute approximate surface area is 155 Å². The Kier molecular flexibility index (Phi) is 6.12. The summed E-state index contributed by atoms with van der Waals surface area (Å²) in [5.41, 5.74) is 2.03. The normalized spacial score (nSPS) is 20.0. The lowest BCUT2D eigenvalue weighted by Crippen LogP contribution is -2.33. The summed E-state index contributed by atoms with van der Waals surface area (Å²) in [6.07, 6.45) is 8.53. The molecule has 6 heteroatoms. The van der Waals surface area contributed by atoms with Gasteiger partial charge in [-0.25, -0.2) is 4.98 Å². The fourth-order valence-electron chi connectivity index (χ4n) is 3.93. The van der Waals surface area contributed by atoms with Crippen LogP contribution in [0.3, 0.4) is 0 Å². The maximum atomic E-state index is 11.8. The molecule has 0 spiro atoms. The SMILES string of the molecule is CCCC(=O)N[C@H]1CC[C@H](Nc2cc(C(CC)CC)nc3ccnn23)C1. The van der Waals surface area contributed by atoms with E-state index in [1.807, 2.05) is 17.5 Å². The number of hydrogen-bond acceptors (Lipinski definition) is 4. The van der Waals surface area contributed by atoms with E-state index in [2.05, 4.69) is 35.6 Å². The zero-order chi connectivity index (χ0) is 18.5. The number of nitrogens with zero attached hydrogens (tertiary/aromatic N) is 3. The lowest BCUT2D eigenvalue weighted by molar-refractivity contribution is -0.121. The number of aromatic nitrogens is 3. The van der Waals surface area contributed by atoms with Gasteiger partial charge < -0.3 is 10.6 Å². The summed E-state index contributed by atoms with van der Waals surface area (Å²) < 4.78 is 1.88. The first kappa shape index (κ1) is 18.7. The molecule has 2 aromatic heterocycles. The standard InChI is InChI=1S/C20H31N5O/c1-4-7-20(26)23-16-9-8-15(12-16)22-19-13-17(14(5-2)6-3)24-18-10-11-21-25(18)19/h10-11,13-16,22H,4-9,12H2,1-3H3,(H,23,26)/t15-,16-/m0/s1. The third kappa shape index (κ3) is 4.17. The smallest absolute Gasteiger partial charge is 0.220 e. The van der Waals surface area contributed by atoms with Crippen molar-refractivity contribution in [2.45, 2.75) is 83.7 Å². The molecule has 1 saturated carbocycles. The molecular formula is C20H31N5O. The molecule has 0 aliphatic heterocycles. The minimum absolute atomic E-state index is 0.174. The minimum Gasteiger partial charge on any atom is -0.367 e. The third-order valence-electron chi connectivity index (χ3n) is 5.41. The van der Waals surface area contributed by atoms with Crippen LogP contribution in [0.1, 0.15) is 77.3 Å². The second-order valence-corrected chi connectivity index (χ2v) is 7.35. The van der Waals surface area contributed by atoms with E-state index >= 15 is 0 Å². The van der Waals surface area contributed by atoms with Gasteiger partial charge in [0.15, 0.2) is 5.65 Å². The van der Waals surface area contributed by atoms with E-state index in [0.717, 1.165) is 55.7 Å². The molecule has 0 saturated heterocycles. The molecule has 142 valence electrons. The van der Waals surface area contributed by atoms with Crippen LogP contribution < -0.4 is 10.6 Å². The molecule has 3 rings (SSSR count). The second kappa shape index (κ2) is 8.52. The molecule has 1 aliphatic carbocycles. The van der Waals surface area contributed by atoms with Crippen molar-refractivity contribution >= 4 is 17.4 Å². The average molecular weight is 358 g/mol. The van der Waals surface area contributed by atoms with Crippen LogP contribution in [0.2, 0.25) is 0 Å². The molecular weight excluding hydrogens is 326 g/mol. The first-order valence-electron chi connectivity index (χ1n) is 10.0. The summed E-state index contributed by atoms with van der Waals surface area (Å²) in [6.45, 7) is 6.46. The molecule has 1 aliphatic rings. The molecule has 1 fully saturated rings. The summed E-state index contributed by atoms with van der Waals surface area (Å²) >= 11 is 0. The van der Waals surface area contributed by atoms with E-state index in [9.17, 15) is 4.79 Å². The fourth-order valence-corrected chi connectivity index (χ4v) is 3.93.